The Balaban J connectivity index is 2.62. The van der Waals surface area contributed by atoms with Crippen LogP contribution in [-0.2, 0) is 0 Å². The minimum atomic E-state index is 1.06. The first-order chi connectivity index (χ1) is 4.38. The Kier molecular flexibility index (Phi) is 0.758. The van der Waals surface area contributed by atoms with E-state index in [4.69, 9.17) is 0 Å². The maximum absolute atomic E-state index is 4.05. The molecule has 9 heavy (non-hydrogen) atoms. The maximum atomic E-state index is 4.05. The van der Waals surface area contributed by atoms with Crippen LogP contribution >= 0.6 is 0 Å². The van der Waals surface area contributed by atoms with Gasteiger partial charge in [0.25, 0.3) is 0 Å². The molecule has 43 valence electrons. The van der Waals surface area contributed by atoms with Gasteiger partial charge in [-0.15, -0.1) is 0 Å². The molecule has 0 N–H and O–H groups in total. The van der Waals surface area contributed by atoms with Crippen LogP contribution in [-0.4, -0.2) is 6.21 Å². The van der Waals surface area contributed by atoms with Gasteiger partial charge in [0.1, 0.15) is 0 Å². The van der Waals surface area contributed by atoms with Gasteiger partial charge in [0, 0.05) is 5.57 Å². The van der Waals surface area contributed by atoms with Crippen molar-refractivity contribution < 1.29 is 0 Å². The largest absolute Gasteiger partial charge is 0.246 e. The molecule has 1 radical (unpaired) electrons. The second kappa shape index (κ2) is 1.44. The molecular weight excluding hydrogens is 110 g/mol. The molecule has 0 aromatic carbocycles. The second-order valence-corrected chi connectivity index (χ2v) is 2.17. The Hall–Kier alpha value is -1.11. The van der Waals surface area contributed by atoms with Gasteiger partial charge >= 0.3 is 0 Å². The Bertz CT molecular complexity index is 264. The lowest BCUT2D eigenvalue weighted by atomic mass is 10.2. The van der Waals surface area contributed by atoms with Crippen LogP contribution < -0.4 is 0 Å². The highest BCUT2D eigenvalue weighted by atomic mass is 14.8. The third-order valence-electron chi connectivity index (χ3n) is 1.54. The number of nitrogens with zero attached hydrogens (tertiary/aromatic N) is 1. The molecule has 1 heteroatoms. The van der Waals surface area contributed by atoms with Crippen LogP contribution in [0.2, 0.25) is 0 Å². The lowest BCUT2D eigenvalue weighted by molar-refractivity contribution is 1.42. The van der Waals surface area contributed by atoms with Crippen LogP contribution in [0.4, 0.5) is 0 Å². The summed E-state index contributed by atoms with van der Waals surface area (Å²) in [4.78, 5) is 4.05. The monoisotopic (exact) mass is 116 g/mol. The second-order valence-electron chi connectivity index (χ2n) is 2.17. The van der Waals surface area contributed by atoms with E-state index in [1.54, 1.807) is 0 Å². The number of fused-ring (bicyclic) bond motifs is 1. The van der Waals surface area contributed by atoms with E-state index in [0.717, 1.165) is 11.3 Å². The summed E-state index contributed by atoms with van der Waals surface area (Å²) in [7, 11) is 0. The SMILES string of the molecule is CC1=C2C=CC=C2N=[C]1. The van der Waals surface area contributed by atoms with Crippen molar-refractivity contribution in [3.63, 3.8) is 0 Å². The minimum Gasteiger partial charge on any atom is -0.246 e. The normalized spacial score (nSPS) is 21.2. The van der Waals surface area contributed by atoms with Crippen molar-refractivity contribution in [1.82, 2.24) is 0 Å². The van der Waals surface area contributed by atoms with E-state index < -0.39 is 0 Å². The van der Waals surface area contributed by atoms with Crippen LogP contribution in [0.1, 0.15) is 6.92 Å². The van der Waals surface area contributed by atoms with Gasteiger partial charge in [-0.2, -0.15) is 0 Å². The first-order valence-electron chi connectivity index (χ1n) is 2.94. The third kappa shape index (κ3) is 0.515. The number of rotatable bonds is 0. The van der Waals surface area contributed by atoms with E-state index >= 15 is 0 Å². The Morgan fingerprint density at radius 2 is 2.44 bits per heavy atom. The summed E-state index contributed by atoms with van der Waals surface area (Å²) in [5, 5.41) is 0. The molecule has 0 saturated heterocycles. The van der Waals surface area contributed by atoms with Gasteiger partial charge in [0.05, 0.1) is 11.9 Å². The Labute approximate surface area is 54.1 Å². The highest BCUT2D eigenvalue weighted by Gasteiger charge is 2.12. The molecule has 0 aromatic rings. The van der Waals surface area contributed by atoms with Gasteiger partial charge in [0.2, 0.25) is 0 Å². The predicted molar refractivity (Wildman–Crippen MR) is 37.4 cm³/mol. The molecule has 0 spiro atoms. The van der Waals surface area contributed by atoms with Crippen LogP contribution in [0, 0.1) is 0 Å². The highest BCUT2D eigenvalue weighted by molar-refractivity contribution is 5.87. The molecule has 1 aliphatic heterocycles. The standard InChI is InChI=1S/C8H6N/c1-6-5-9-8-4-2-3-7(6)8/h2-4H,1H3. The van der Waals surface area contributed by atoms with E-state index in [-0.39, 0.29) is 0 Å². The summed E-state index contributed by atoms with van der Waals surface area (Å²) in [6.07, 6.45) is 8.98. The van der Waals surface area contributed by atoms with Crippen molar-refractivity contribution in [2.45, 2.75) is 6.92 Å². The Morgan fingerprint density at radius 3 is 3.22 bits per heavy atom. The lowest BCUT2D eigenvalue weighted by Gasteiger charge is -1.88. The molecule has 0 unspecified atom stereocenters. The van der Waals surface area contributed by atoms with Crippen molar-refractivity contribution in [1.29, 1.82) is 0 Å². The van der Waals surface area contributed by atoms with Crippen molar-refractivity contribution in [2.75, 3.05) is 0 Å². The summed E-state index contributed by atoms with van der Waals surface area (Å²) in [6.45, 7) is 2.02. The van der Waals surface area contributed by atoms with E-state index in [1.807, 2.05) is 19.1 Å². The summed E-state index contributed by atoms with van der Waals surface area (Å²) >= 11 is 0. The van der Waals surface area contributed by atoms with Gasteiger partial charge < -0.3 is 0 Å². The fraction of sp³-hybridized carbons (Fsp3) is 0.125. The zero-order valence-corrected chi connectivity index (χ0v) is 5.18. The summed E-state index contributed by atoms with van der Waals surface area (Å²) in [6, 6.07) is 0. The van der Waals surface area contributed by atoms with Gasteiger partial charge in [-0.1, -0.05) is 12.2 Å². The molecule has 0 aromatic heterocycles. The van der Waals surface area contributed by atoms with E-state index in [1.165, 1.54) is 5.57 Å². The number of aliphatic imine (C=N–C) groups is 1. The number of hydrogen-bond acceptors (Lipinski definition) is 1. The Morgan fingerprint density at radius 1 is 1.56 bits per heavy atom. The predicted octanol–water partition coefficient (Wildman–Crippen LogP) is 1.72. The molecule has 1 aliphatic carbocycles. The molecule has 2 rings (SSSR count). The maximum Gasteiger partial charge on any atom is 0.0932 e. The quantitative estimate of drug-likeness (QED) is 0.457. The van der Waals surface area contributed by atoms with Crippen molar-refractivity contribution in [3.05, 3.63) is 35.1 Å². The molecule has 1 nitrogen and oxygen atoms in total. The summed E-state index contributed by atoms with van der Waals surface area (Å²) < 4.78 is 0. The molecule has 1 heterocycles. The van der Waals surface area contributed by atoms with Crippen LogP contribution in [0.5, 0.6) is 0 Å². The van der Waals surface area contributed by atoms with Crippen molar-refractivity contribution >= 4 is 6.21 Å². The van der Waals surface area contributed by atoms with E-state index in [9.17, 15) is 0 Å². The number of allylic oxidation sites excluding steroid dienone is 4. The minimum absolute atomic E-state index is 1.06. The number of hydrogen-bond donors (Lipinski definition) is 0. The molecule has 0 amide bonds. The molecule has 0 saturated carbocycles. The smallest absolute Gasteiger partial charge is 0.0932 e. The van der Waals surface area contributed by atoms with Gasteiger partial charge in [0.15, 0.2) is 0 Å². The highest BCUT2D eigenvalue weighted by Crippen LogP contribution is 2.26. The zero-order valence-electron chi connectivity index (χ0n) is 5.18. The topological polar surface area (TPSA) is 12.4 Å². The lowest BCUT2D eigenvalue weighted by Crippen LogP contribution is -1.74. The first kappa shape index (κ1) is 4.74. The average molecular weight is 116 g/mol. The summed E-state index contributed by atoms with van der Waals surface area (Å²) in [5.41, 5.74) is 3.44. The molecular formula is C8H6N. The summed E-state index contributed by atoms with van der Waals surface area (Å²) in [5.74, 6) is 0. The first-order valence-corrected chi connectivity index (χ1v) is 2.94. The van der Waals surface area contributed by atoms with Gasteiger partial charge in [-0.3, -0.25) is 0 Å². The van der Waals surface area contributed by atoms with Crippen molar-refractivity contribution in [3.8, 4) is 0 Å². The van der Waals surface area contributed by atoms with Crippen molar-refractivity contribution in [2.24, 2.45) is 4.99 Å². The van der Waals surface area contributed by atoms with Crippen LogP contribution in [0.3, 0.4) is 0 Å². The molecule has 0 bridgehead atoms. The van der Waals surface area contributed by atoms with E-state index in [0.29, 0.717) is 0 Å². The van der Waals surface area contributed by atoms with Crippen LogP contribution in [0.15, 0.2) is 40.1 Å². The molecule has 2 aliphatic rings. The fourth-order valence-corrected chi connectivity index (χ4v) is 1.03. The van der Waals surface area contributed by atoms with Gasteiger partial charge in [-0.25, -0.2) is 4.99 Å². The zero-order chi connectivity index (χ0) is 6.27. The molecule has 0 fully saturated rings. The fourth-order valence-electron chi connectivity index (χ4n) is 1.03. The average Bonchev–Trinajstić information content (AvgIpc) is 2.35. The molecule has 0 atom stereocenters. The van der Waals surface area contributed by atoms with Gasteiger partial charge in [-0.05, 0) is 18.6 Å². The third-order valence-corrected chi connectivity index (χ3v) is 1.54. The van der Waals surface area contributed by atoms with Crippen LogP contribution in [0.25, 0.3) is 0 Å². The van der Waals surface area contributed by atoms with E-state index in [2.05, 4.69) is 17.3 Å².